The van der Waals surface area contributed by atoms with E-state index in [4.69, 9.17) is 10.5 Å². The van der Waals surface area contributed by atoms with Crippen molar-refractivity contribution >= 4 is 5.96 Å². The predicted molar refractivity (Wildman–Crippen MR) is 64.4 cm³/mol. The molecule has 0 fully saturated rings. The van der Waals surface area contributed by atoms with E-state index in [1.807, 2.05) is 12.1 Å². The fraction of sp³-hybridized carbons (Fsp3) is 0.455. The molecule has 0 aromatic carbocycles. The van der Waals surface area contributed by atoms with Crippen molar-refractivity contribution in [3.05, 3.63) is 23.9 Å². The third-order valence-electron chi connectivity index (χ3n) is 1.97. The van der Waals surface area contributed by atoms with Gasteiger partial charge in [-0.05, 0) is 12.0 Å². The van der Waals surface area contributed by atoms with Gasteiger partial charge in [0.2, 0.25) is 5.88 Å². The summed E-state index contributed by atoms with van der Waals surface area (Å²) in [5, 5.41) is 2.96. The fourth-order valence-electron chi connectivity index (χ4n) is 1.08. The first-order valence-electron chi connectivity index (χ1n) is 5.30. The van der Waals surface area contributed by atoms with Gasteiger partial charge < -0.3 is 15.8 Å². The first-order valence-corrected chi connectivity index (χ1v) is 5.30. The molecule has 0 aliphatic carbocycles. The van der Waals surface area contributed by atoms with Crippen LogP contribution in [0.5, 0.6) is 5.88 Å². The lowest BCUT2D eigenvalue weighted by Gasteiger charge is -2.06. The zero-order valence-electron chi connectivity index (χ0n) is 9.73. The van der Waals surface area contributed by atoms with Crippen molar-refractivity contribution in [2.45, 2.75) is 19.9 Å². The van der Waals surface area contributed by atoms with Gasteiger partial charge in [-0.3, -0.25) is 4.99 Å². The van der Waals surface area contributed by atoms with Crippen LogP contribution in [0, 0.1) is 0 Å². The molecule has 88 valence electrons. The van der Waals surface area contributed by atoms with Crippen LogP contribution in [0.2, 0.25) is 0 Å². The Morgan fingerprint density at radius 3 is 2.94 bits per heavy atom. The quantitative estimate of drug-likeness (QED) is 0.573. The third kappa shape index (κ3) is 4.16. The Bertz CT molecular complexity index is 334. The second-order valence-corrected chi connectivity index (χ2v) is 3.32. The van der Waals surface area contributed by atoms with Gasteiger partial charge in [0.1, 0.15) is 0 Å². The molecule has 1 heterocycles. The van der Waals surface area contributed by atoms with Gasteiger partial charge >= 0.3 is 0 Å². The van der Waals surface area contributed by atoms with E-state index < -0.39 is 0 Å². The highest BCUT2D eigenvalue weighted by molar-refractivity contribution is 5.77. The molecule has 0 atom stereocenters. The minimum atomic E-state index is 0.423. The first kappa shape index (κ1) is 12.3. The lowest BCUT2D eigenvalue weighted by Crippen LogP contribution is -2.30. The van der Waals surface area contributed by atoms with Crippen LogP contribution < -0.4 is 15.8 Å². The summed E-state index contributed by atoms with van der Waals surface area (Å²) < 4.78 is 5.38. The molecule has 0 bridgehead atoms. The molecule has 0 radical (unpaired) electrons. The number of hydrogen-bond donors (Lipinski definition) is 2. The summed E-state index contributed by atoms with van der Waals surface area (Å²) >= 11 is 0. The van der Waals surface area contributed by atoms with Crippen molar-refractivity contribution in [1.29, 1.82) is 0 Å². The van der Waals surface area contributed by atoms with Gasteiger partial charge in [0, 0.05) is 25.9 Å². The molecule has 1 aromatic heterocycles. The largest absolute Gasteiger partial charge is 0.478 e. The van der Waals surface area contributed by atoms with Gasteiger partial charge in [0.15, 0.2) is 5.96 Å². The second kappa shape index (κ2) is 6.66. The average molecular weight is 222 g/mol. The number of aliphatic imine (C=N–C) groups is 1. The van der Waals surface area contributed by atoms with Gasteiger partial charge in [-0.2, -0.15) is 0 Å². The number of guanidine groups is 1. The molecule has 5 heteroatoms. The van der Waals surface area contributed by atoms with E-state index in [0.717, 1.165) is 12.0 Å². The Labute approximate surface area is 95.7 Å². The molecule has 0 aliphatic heterocycles. The Morgan fingerprint density at radius 1 is 1.56 bits per heavy atom. The van der Waals surface area contributed by atoms with Crippen LogP contribution in [0.25, 0.3) is 0 Å². The predicted octanol–water partition coefficient (Wildman–Crippen LogP) is 0.905. The normalized spacial score (nSPS) is 11.2. The Kier molecular flexibility index (Phi) is 5.11. The summed E-state index contributed by atoms with van der Waals surface area (Å²) in [4.78, 5) is 7.98. The van der Waals surface area contributed by atoms with Crippen LogP contribution in [0.4, 0.5) is 0 Å². The highest BCUT2D eigenvalue weighted by Crippen LogP contribution is 2.07. The molecule has 0 amide bonds. The van der Waals surface area contributed by atoms with E-state index in [9.17, 15) is 0 Å². The molecule has 0 saturated heterocycles. The highest BCUT2D eigenvalue weighted by atomic mass is 16.5. The van der Waals surface area contributed by atoms with Crippen LogP contribution in [-0.4, -0.2) is 24.6 Å². The van der Waals surface area contributed by atoms with E-state index in [1.165, 1.54) is 0 Å². The van der Waals surface area contributed by atoms with Crippen molar-refractivity contribution in [3.8, 4) is 5.88 Å². The minimum Gasteiger partial charge on any atom is -0.478 e. The van der Waals surface area contributed by atoms with Crippen molar-refractivity contribution in [1.82, 2.24) is 10.3 Å². The molecule has 3 N–H and O–H groups in total. The summed E-state index contributed by atoms with van der Waals surface area (Å²) in [6.45, 7) is 3.37. The maximum Gasteiger partial charge on any atom is 0.213 e. The SMILES string of the molecule is CCCOc1ccc(CNC(N)=NC)cn1. The fourth-order valence-corrected chi connectivity index (χ4v) is 1.08. The molecule has 0 spiro atoms. The maximum absolute atomic E-state index is 5.51. The van der Waals surface area contributed by atoms with E-state index in [2.05, 4.69) is 22.2 Å². The number of nitrogens with two attached hydrogens (primary N) is 1. The first-order chi connectivity index (χ1) is 7.76. The van der Waals surface area contributed by atoms with E-state index in [0.29, 0.717) is 25.0 Å². The van der Waals surface area contributed by atoms with Crippen LogP contribution in [0.15, 0.2) is 23.3 Å². The number of pyridine rings is 1. The standard InChI is InChI=1S/C11H18N4O/c1-3-6-16-10-5-4-9(7-14-10)8-15-11(12)13-2/h4-5,7H,3,6,8H2,1-2H3,(H3,12,13,15). The molecular formula is C11H18N4O. The monoisotopic (exact) mass is 222 g/mol. The number of aromatic nitrogens is 1. The lowest BCUT2D eigenvalue weighted by atomic mass is 10.3. The molecule has 0 saturated carbocycles. The molecule has 1 rings (SSSR count). The molecule has 0 unspecified atom stereocenters. The lowest BCUT2D eigenvalue weighted by molar-refractivity contribution is 0.305. The summed E-state index contributed by atoms with van der Waals surface area (Å²) in [6, 6.07) is 3.81. The maximum atomic E-state index is 5.51. The van der Waals surface area contributed by atoms with Crippen LogP contribution in [0.1, 0.15) is 18.9 Å². The smallest absolute Gasteiger partial charge is 0.213 e. The molecule has 16 heavy (non-hydrogen) atoms. The summed E-state index contributed by atoms with van der Waals surface area (Å²) in [7, 11) is 1.64. The van der Waals surface area contributed by atoms with Crippen LogP contribution >= 0.6 is 0 Å². The molecule has 0 aliphatic rings. The number of ether oxygens (including phenoxy) is 1. The van der Waals surface area contributed by atoms with Gasteiger partial charge in [-0.25, -0.2) is 4.98 Å². The van der Waals surface area contributed by atoms with Crippen LogP contribution in [-0.2, 0) is 6.54 Å². The van der Waals surface area contributed by atoms with E-state index in [1.54, 1.807) is 13.2 Å². The number of rotatable bonds is 5. The molecule has 5 nitrogen and oxygen atoms in total. The third-order valence-corrected chi connectivity index (χ3v) is 1.97. The van der Waals surface area contributed by atoms with E-state index >= 15 is 0 Å². The highest BCUT2D eigenvalue weighted by Gasteiger charge is 1.97. The van der Waals surface area contributed by atoms with Crippen molar-refractivity contribution in [3.63, 3.8) is 0 Å². The second-order valence-electron chi connectivity index (χ2n) is 3.32. The van der Waals surface area contributed by atoms with Crippen molar-refractivity contribution < 1.29 is 4.74 Å². The number of hydrogen-bond acceptors (Lipinski definition) is 3. The average Bonchev–Trinajstić information content (AvgIpc) is 2.34. The number of nitrogens with zero attached hydrogens (tertiary/aromatic N) is 2. The summed E-state index contributed by atoms with van der Waals surface area (Å²) in [5.74, 6) is 1.08. The molecule has 1 aromatic rings. The van der Waals surface area contributed by atoms with E-state index in [-0.39, 0.29) is 0 Å². The molecular weight excluding hydrogens is 204 g/mol. The zero-order chi connectivity index (χ0) is 11.8. The Balaban J connectivity index is 2.45. The number of nitrogens with one attached hydrogen (secondary N) is 1. The van der Waals surface area contributed by atoms with Gasteiger partial charge in [0.05, 0.1) is 6.61 Å². The van der Waals surface area contributed by atoms with Crippen molar-refractivity contribution in [2.24, 2.45) is 10.7 Å². The van der Waals surface area contributed by atoms with Gasteiger partial charge in [-0.15, -0.1) is 0 Å². The zero-order valence-corrected chi connectivity index (χ0v) is 9.73. The summed E-state index contributed by atoms with van der Waals surface area (Å²) in [5.41, 5.74) is 6.55. The van der Waals surface area contributed by atoms with Crippen LogP contribution in [0.3, 0.4) is 0 Å². The Hall–Kier alpha value is -1.78. The van der Waals surface area contributed by atoms with Gasteiger partial charge in [0.25, 0.3) is 0 Å². The summed E-state index contributed by atoms with van der Waals surface area (Å²) in [6.07, 6.45) is 2.75. The Morgan fingerprint density at radius 2 is 2.38 bits per heavy atom. The topological polar surface area (TPSA) is 72.5 Å². The van der Waals surface area contributed by atoms with Gasteiger partial charge in [-0.1, -0.05) is 13.0 Å². The van der Waals surface area contributed by atoms with Crippen molar-refractivity contribution in [2.75, 3.05) is 13.7 Å². The minimum absolute atomic E-state index is 0.423.